The second-order valence-electron chi connectivity index (χ2n) is 8.64. The molecular weight excluding hydrogens is 476 g/mol. The largest absolute Gasteiger partial charge is 0.481 e. The SMILES string of the molecule is CC(C)CC(NC(=O)C(CC(=O)O)NC(=O)C(N)CC(=O)O)C(=O)NC(Cc1ccccc1)C(=O)O. The van der Waals surface area contributed by atoms with Crippen LogP contribution < -0.4 is 21.7 Å². The van der Waals surface area contributed by atoms with E-state index in [9.17, 15) is 33.9 Å². The summed E-state index contributed by atoms with van der Waals surface area (Å²) in [6, 6.07) is 2.87. The zero-order chi connectivity index (χ0) is 27.4. The Morgan fingerprint density at radius 3 is 1.75 bits per heavy atom. The molecule has 13 heteroatoms. The van der Waals surface area contributed by atoms with Gasteiger partial charge in [-0.15, -0.1) is 0 Å². The second-order valence-corrected chi connectivity index (χ2v) is 8.64. The summed E-state index contributed by atoms with van der Waals surface area (Å²) in [5.41, 5.74) is 6.13. The normalized spacial score (nSPS) is 14.1. The van der Waals surface area contributed by atoms with E-state index in [-0.39, 0.29) is 18.8 Å². The van der Waals surface area contributed by atoms with Crippen LogP contribution in [0.1, 0.15) is 38.7 Å². The summed E-state index contributed by atoms with van der Waals surface area (Å²) >= 11 is 0. The van der Waals surface area contributed by atoms with Gasteiger partial charge in [0.2, 0.25) is 17.7 Å². The first kappa shape index (κ1) is 30.0. The van der Waals surface area contributed by atoms with Crippen LogP contribution in [0.4, 0.5) is 0 Å². The monoisotopic (exact) mass is 508 g/mol. The Morgan fingerprint density at radius 2 is 1.25 bits per heavy atom. The molecule has 1 aromatic rings. The molecule has 0 aliphatic heterocycles. The van der Waals surface area contributed by atoms with Gasteiger partial charge in [-0.2, -0.15) is 0 Å². The molecule has 13 nitrogen and oxygen atoms in total. The van der Waals surface area contributed by atoms with E-state index in [4.69, 9.17) is 15.9 Å². The van der Waals surface area contributed by atoms with Crippen LogP contribution in [-0.2, 0) is 35.2 Å². The third kappa shape index (κ3) is 11.0. The number of benzene rings is 1. The zero-order valence-corrected chi connectivity index (χ0v) is 20.0. The molecule has 0 aliphatic carbocycles. The Bertz CT molecular complexity index is 952. The number of rotatable bonds is 15. The maximum Gasteiger partial charge on any atom is 0.326 e. The van der Waals surface area contributed by atoms with Crippen LogP contribution in [0.3, 0.4) is 0 Å². The maximum absolute atomic E-state index is 12.9. The second kappa shape index (κ2) is 14.4. The summed E-state index contributed by atoms with van der Waals surface area (Å²) in [7, 11) is 0. The third-order valence-corrected chi connectivity index (χ3v) is 4.98. The van der Waals surface area contributed by atoms with E-state index >= 15 is 0 Å². The standard InChI is InChI=1S/C23H32N4O9/c1-12(2)8-15(21(33)27-17(23(35)36)9-13-6-4-3-5-7-13)26-22(34)16(11-19(30)31)25-20(32)14(24)10-18(28)29/h3-7,12,14-17H,8-11,24H2,1-2H3,(H,25,32)(H,26,34)(H,27,33)(H,28,29)(H,30,31)(H,35,36). The highest BCUT2D eigenvalue weighted by molar-refractivity contribution is 5.96. The van der Waals surface area contributed by atoms with Gasteiger partial charge in [0.15, 0.2) is 0 Å². The number of hydrogen-bond acceptors (Lipinski definition) is 7. The molecule has 198 valence electrons. The molecule has 0 fully saturated rings. The van der Waals surface area contributed by atoms with Crippen molar-refractivity contribution in [1.82, 2.24) is 16.0 Å². The molecule has 0 saturated carbocycles. The molecule has 4 unspecified atom stereocenters. The van der Waals surface area contributed by atoms with E-state index in [0.717, 1.165) is 0 Å². The van der Waals surface area contributed by atoms with Crippen molar-refractivity contribution in [2.45, 2.75) is 63.7 Å². The summed E-state index contributed by atoms with van der Waals surface area (Å²) in [5, 5.41) is 34.3. The molecule has 36 heavy (non-hydrogen) atoms. The minimum atomic E-state index is -1.66. The van der Waals surface area contributed by atoms with Gasteiger partial charge in [-0.25, -0.2) is 4.79 Å². The summed E-state index contributed by atoms with van der Waals surface area (Å²) in [6.07, 6.45) is -1.53. The van der Waals surface area contributed by atoms with E-state index in [2.05, 4.69) is 16.0 Å². The highest BCUT2D eigenvalue weighted by Gasteiger charge is 2.32. The summed E-state index contributed by atoms with van der Waals surface area (Å²) in [5.74, 6) is -7.11. The van der Waals surface area contributed by atoms with Gasteiger partial charge < -0.3 is 37.0 Å². The highest BCUT2D eigenvalue weighted by Crippen LogP contribution is 2.09. The predicted octanol–water partition coefficient (Wildman–Crippen LogP) is -0.909. The molecule has 0 aliphatic rings. The highest BCUT2D eigenvalue weighted by atomic mass is 16.4. The van der Waals surface area contributed by atoms with Gasteiger partial charge >= 0.3 is 17.9 Å². The fraction of sp³-hybridized carbons (Fsp3) is 0.478. The van der Waals surface area contributed by atoms with Crippen molar-refractivity contribution in [1.29, 1.82) is 0 Å². The number of nitrogens with two attached hydrogens (primary N) is 1. The molecule has 0 radical (unpaired) electrons. The minimum Gasteiger partial charge on any atom is -0.481 e. The average Bonchev–Trinajstić information content (AvgIpc) is 2.77. The van der Waals surface area contributed by atoms with Crippen molar-refractivity contribution < 1.29 is 44.1 Å². The molecule has 0 bridgehead atoms. The number of carbonyl (C=O) groups is 6. The molecule has 4 atom stereocenters. The van der Waals surface area contributed by atoms with Gasteiger partial charge in [0, 0.05) is 6.42 Å². The molecule has 1 aromatic carbocycles. The molecule has 0 saturated heterocycles. The van der Waals surface area contributed by atoms with E-state index < -0.39 is 72.6 Å². The third-order valence-electron chi connectivity index (χ3n) is 4.98. The van der Waals surface area contributed by atoms with Crippen LogP contribution in [-0.4, -0.2) is 75.1 Å². The first-order chi connectivity index (χ1) is 16.8. The first-order valence-electron chi connectivity index (χ1n) is 11.2. The van der Waals surface area contributed by atoms with E-state index in [1.54, 1.807) is 44.2 Å². The number of aliphatic carboxylic acids is 3. The smallest absolute Gasteiger partial charge is 0.326 e. The summed E-state index contributed by atoms with van der Waals surface area (Å²) in [4.78, 5) is 71.6. The van der Waals surface area contributed by atoms with Gasteiger partial charge in [-0.05, 0) is 17.9 Å². The fourth-order valence-corrected chi connectivity index (χ4v) is 3.24. The van der Waals surface area contributed by atoms with E-state index in [1.807, 2.05) is 0 Å². The average molecular weight is 509 g/mol. The quantitative estimate of drug-likeness (QED) is 0.154. The fourth-order valence-electron chi connectivity index (χ4n) is 3.24. The van der Waals surface area contributed by atoms with E-state index in [1.165, 1.54) is 0 Å². The lowest BCUT2D eigenvalue weighted by atomic mass is 10.0. The molecule has 0 heterocycles. The number of carboxylic acids is 3. The van der Waals surface area contributed by atoms with Gasteiger partial charge in [-0.1, -0.05) is 44.2 Å². The number of carboxylic acid groups (broad SMARTS) is 3. The topological polar surface area (TPSA) is 225 Å². The molecule has 0 aromatic heterocycles. The lowest BCUT2D eigenvalue weighted by Gasteiger charge is -2.25. The van der Waals surface area contributed by atoms with Crippen molar-refractivity contribution in [3.63, 3.8) is 0 Å². The van der Waals surface area contributed by atoms with Crippen LogP contribution in [0.5, 0.6) is 0 Å². The van der Waals surface area contributed by atoms with Crippen molar-refractivity contribution >= 4 is 35.6 Å². The van der Waals surface area contributed by atoms with E-state index in [0.29, 0.717) is 5.56 Å². The van der Waals surface area contributed by atoms with Crippen LogP contribution in [0.15, 0.2) is 30.3 Å². The zero-order valence-electron chi connectivity index (χ0n) is 20.0. The van der Waals surface area contributed by atoms with Gasteiger partial charge in [-0.3, -0.25) is 24.0 Å². The lowest BCUT2D eigenvalue weighted by molar-refractivity contribution is -0.143. The van der Waals surface area contributed by atoms with Gasteiger partial charge in [0.05, 0.1) is 18.9 Å². The Hall–Kier alpha value is -4.00. The predicted molar refractivity (Wildman–Crippen MR) is 126 cm³/mol. The van der Waals surface area contributed by atoms with Crippen LogP contribution >= 0.6 is 0 Å². The van der Waals surface area contributed by atoms with Crippen molar-refractivity contribution in [3.05, 3.63) is 35.9 Å². The number of carbonyl (C=O) groups excluding carboxylic acids is 3. The summed E-state index contributed by atoms with van der Waals surface area (Å²) in [6.45, 7) is 3.51. The molecule has 3 amide bonds. The van der Waals surface area contributed by atoms with Gasteiger partial charge in [0.25, 0.3) is 0 Å². The van der Waals surface area contributed by atoms with Crippen LogP contribution in [0.25, 0.3) is 0 Å². The summed E-state index contributed by atoms with van der Waals surface area (Å²) < 4.78 is 0. The molecular formula is C23H32N4O9. The van der Waals surface area contributed by atoms with Gasteiger partial charge in [0.1, 0.15) is 18.1 Å². The molecule has 8 N–H and O–H groups in total. The Morgan fingerprint density at radius 1 is 0.750 bits per heavy atom. The molecule has 1 rings (SSSR count). The minimum absolute atomic E-state index is 0.0105. The van der Waals surface area contributed by atoms with Crippen molar-refractivity contribution in [3.8, 4) is 0 Å². The van der Waals surface area contributed by atoms with Crippen molar-refractivity contribution in [2.24, 2.45) is 11.7 Å². The lowest BCUT2D eigenvalue weighted by Crippen LogP contribution is -2.58. The first-order valence-corrected chi connectivity index (χ1v) is 11.2. The molecule has 0 spiro atoms. The Kier molecular flexibility index (Phi) is 12.0. The van der Waals surface area contributed by atoms with Crippen LogP contribution in [0.2, 0.25) is 0 Å². The maximum atomic E-state index is 12.9. The Labute approximate surface area is 207 Å². The number of amides is 3. The Balaban J connectivity index is 3.01. The van der Waals surface area contributed by atoms with Crippen LogP contribution in [0, 0.1) is 5.92 Å². The number of nitrogens with one attached hydrogen (secondary N) is 3. The van der Waals surface area contributed by atoms with Crippen molar-refractivity contribution in [2.75, 3.05) is 0 Å². The number of hydrogen-bond donors (Lipinski definition) is 7.